The normalized spacial score (nSPS) is 31.6. The summed E-state index contributed by atoms with van der Waals surface area (Å²) < 4.78 is 5.67. The average Bonchev–Trinajstić information content (AvgIpc) is 2.51. The minimum absolute atomic E-state index is 0.370. The zero-order valence-corrected chi connectivity index (χ0v) is 12.0. The molecule has 0 aromatic carbocycles. The van der Waals surface area contributed by atoms with Crippen LogP contribution in [-0.2, 0) is 11.8 Å². The highest BCUT2D eigenvalue weighted by atomic mass is 16.6. The lowest BCUT2D eigenvalue weighted by Crippen LogP contribution is -2.57. The smallest absolute Gasteiger partial charge is 0.330 e. The molecule has 0 aliphatic carbocycles. The van der Waals surface area contributed by atoms with Gasteiger partial charge in [-0.25, -0.2) is 4.79 Å². The number of rotatable bonds is 3. The summed E-state index contributed by atoms with van der Waals surface area (Å²) in [4.78, 5) is 28.6. The number of hydrogen-bond acceptors (Lipinski definition) is 9. The van der Waals surface area contributed by atoms with Crippen LogP contribution in [0.1, 0.15) is 5.56 Å². The monoisotopic (exact) mass is 331 g/mol. The molecule has 1 aromatic heterocycles. The number of aromatic hydroxyl groups is 1. The predicted octanol–water partition coefficient (Wildman–Crippen LogP) is -4.00. The van der Waals surface area contributed by atoms with Crippen molar-refractivity contribution in [3.05, 3.63) is 26.4 Å². The molecule has 11 nitrogen and oxygen atoms in total. The molecule has 23 heavy (non-hydrogen) atoms. The summed E-state index contributed by atoms with van der Waals surface area (Å²) >= 11 is 0. The first-order chi connectivity index (χ1) is 10.8. The molecule has 0 radical (unpaired) electrons. The highest BCUT2D eigenvalue weighted by molar-refractivity contribution is 5.82. The van der Waals surface area contributed by atoms with Crippen LogP contribution >= 0.6 is 0 Å². The van der Waals surface area contributed by atoms with Crippen LogP contribution in [0.3, 0.4) is 0 Å². The second kappa shape index (κ2) is 6.60. The Morgan fingerprint density at radius 2 is 1.96 bits per heavy atom. The van der Waals surface area contributed by atoms with Crippen LogP contribution < -0.4 is 11.2 Å². The fourth-order valence-electron chi connectivity index (χ4n) is 2.15. The quantitative estimate of drug-likeness (QED) is 0.303. The van der Waals surface area contributed by atoms with Crippen LogP contribution in [0.4, 0.5) is 0 Å². The number of aliphatic hydroxyl groups excluding tert-OH is 4. The number of aliphatic imine (C=N–C) groups is 1. The van der Waals surface area contributed by atoms with Gasteiger partial charge < -0.3 is 30.3 Å². The van der Waals surface area contributed by atoms with Gasteiger partial charge in [0, 0.05) is 13.3 Å². The van der Waals surface area contributed by atoms with E-state index in [2.05, 4.69) is 4.99 Å². The first-order valence-electron chi connectivity index (χ1n) is 6.64. The Balaban J connectivity index is 2.32. The van der Waals surface area contributed by atoms with Crippen molar-refractivity contribution in [3.63, 3.8) is 0 Å². The highest BCUT2D eigenvalue weighted by Gasteiger charge is 2.43. The minimum atomic E-state index is -1.64. The van der Waals surface area contributed by atoms with E-state index >= 15 is 0 Å². The zero-order valence-electron chi connectivity index (χ0n) is 12.0. The molecule has 128 valence electrons. The van der Waals surface area contributed by atoms with Gasteiger partial charge in [0.1, 0.15) is 29.9 Å². The van der Waals surface area contributed by atoms with E-state index in [1.807, 2.05) is 4.98 Å². The van der Waals surface area contributed by atoms with E-state index in [4.69, 9.17) is 9.84 Å². The molecule has 0 bridgehead atoms. The van der Waals surface area contributed by atoms with Gasteiger partial charge in [0.25, 0.3) is 5.56 Å². The maximum absolute atomic E-state index is 11.7. The molecule has 6 N–H and O–H groups in total. The fraction of sp³-hybridized carbons (Fsp3) is 0.583. The number of hydrogen-bond donors (Lipinski definition) is 6. The molecule has 1 fully saturated rings. The topological polar surface area (TPSA) is 178 Å². The summed E-state index contributed by atoms with van der Waals surface area (Å²) in [7, 11) is 1.22. The number of nitrogens with one attached hydrogen (secondary N) is 1. The van der Waals surface area contributed by atoms with E-state index in [0.29, 0.717) is 0 Å². The van der Waals surface area contributed by atoms with E-state index in [-0.39, 0.29) is 5.56 Å². The van der Waals surface area contributed by atoms with Gasteiger partial charge in [-0.1, -0.05) is 0 Å². The molecule has 0 spiro atoms. The molecule has 1 aliphatic rings. The van der Waals surface area contributed by atoms with Crippen molar-refractivity contribution >= 4 is 6.21 Å². The molecule has 11 heteroatoms. The molecule has 0 amide bonds. The molecular formula is C12H17N3O8. The number of H-pyrrole nitrogens is 1. The van der Waals surface area contributed by atoms with E-state index in [0.717, 1.165) is 10.8 Å². The Hall–Kier alpha value is -2.05. The highest BCUT2D eigenvalue weighted by Crippen LogP contribution is 2.22. The Labute approximate surface area is 128 Å². The zero-order chi connectivity index (χ0) is 17.3. The molecule has 0 unspecified atom stereocenters. The van der Waals surface area contributed by atoms with Crippen LogP contribution in [0.5, 0.6) is 5.88 Å². The summed E-state index contributed by atoms with van der Waals surface area (Å²) in [6.45, 7) is -0.618. The molecular weight excluding hydrogens is 314 g/mol. The van der Waals surface area contributed by atoms with Gasteiger partial charge in [-0.3, -0.25) is 19.3 Å². The van der Waals surface area contributed by atoms with Crippen LogP contribution in [0.15, 0.2) is 14.6 Å². The lowest BCUT2D eigenvalue weighted by Gasteiger charge is -2.38. The number of aliphatic hydroxyl groups is 4. The molecule has 1 aromatic rings. The van der Waals surface area contributed by atoms with Crippen molar-refractivity contribution in [2.45, 2.75) is 30.6 Å². The van der Waals surface area contributed by atoms with Gasteiger partial charge in [-0.05, 0) is 0 Å². The van der Waals surface area contributed by atoms with E-state index in [1.54, 1.807) is 0 Å². The lowest BCUT2D eigenvalue weighted by molar-refractivity contribution is -0.248. The molecule has 1 saturated heterocycles. The Morgan fingerprint density at radius 3 is 2.57 bits per heavy atom. The van der Waals surface area contributed by atoms with Crippen molar-refractivity contribution < 1.29 is 30.3 Å². The van der Waals surface area contributed by atoms with Crippen LogP contribution in [-0.4, -0.2) is 78.5 Å². The predicted molar refractivity (Wildman–Crippen MR) is 75.3 cm³/mol. The van der Waals surface area contributed by atoms with E-state index in [1.165, 1.54) is 7.05 Å². The third-order valence-corrected chi connectivity index (χ3v) is 3.57. The number of aromatic amines is 1. The fourth-order valence-corrected chi connectivity index (χ4v) is 2.15. The van der Waals surface area contributed by atoms with Crippen LogP contribution in [0.25, 0.3) is 0 Å². The van der Waals surface area contributed by atoms with Gasteiger partial charge >= 0.3 is 5.69 Å². The SMILES string of the molecule is Cn1c(O)c(C=N[C@H]2[C@@H](O)[C@H](O)[C@@H](CO)O[C@H]2O)c(=O)[nH]c1=O. The summed E-state index contributed by atoms with van der Waals surface area (Å²) in [6, 6.07) is -1.36. The second-order valence-corrected chi connectivity index (χ2v) is 5.05. The average molecular weight is 331 g/mol. The maximum atomic E-state index is 11.7. The third kappa shape index (κ3) is 3.18. The summed E-state index contributed by atoms with van der Waals surface area (Å²) in [5.41, 5.74) is -2.11. The Bertz CT molecular complexity index is 711. The second-order valence-electron chi connectivity index (χ2n) is 5.05. The van der Waals surface area contributed by atoms with E-state index < -0.39 is 54.4 Å². The number of nitrogens with zero attached hydrogens (tertiary/aromatic N) is 2. The van der Waals surface area contributed by atoms with Gasteiger partial charge in [0.05, 0.1) is 6.61 Å². The molecule has 5 atom stereocenters. The molecule has 2 rings (SSSR count). The lowest BCUT2D eigenvalue weighted by atomic mass is 9.97. The summed E-state index contributed by atoms with van der Waals surface area (Å²) in [6.07, 6.45) is -5.05. The molecule has 0 saturated carbocycles. The van der Waals surface area contributed by atoms with Gasteiger partial charge in [0.2, 0.25) is 5.88 Å². The van der Waals surface area contributed by atoms with Gasteiger partial charge in [0.15, 0.2) is 6.29 Å². The van der Waals surface area contributed by atoms with Crippen molar-refractivity contribution in [3.8, 4) is 5.88 Å². The Kier molecular flexibility index (Phi) is 4.97. The van der Waals surface area contributed by atoms with Crippen molar-refractivity contribution in [1.29, 1.82) is 0 Å². The van der Waals surface area contributed by atoms with Gasteiger partial charge in [-0.2, -0.15) is 0 Å². The van der Waals surface area contributed by atoms with Crippen molar-refractivity contribution in [2.24, 2.45) is 12.0 Å². The minimum Gasteiger partial charge on any atom is -0.494 e. The maximum Gasteiger partial charge on any atom is 0.330 e. The number of ether oxygens (including phenoxy) is 1. The largest absolute Gasteiger partial charge is 0.494 e. The first kappa shape index (κ1) is 17.3. The van der Waals surface area contributed by atoms with Crippen LogP contribution in [0, 0.1) is 0 Å². The standard InChI is InChI=1S/C12H17N3O8/c1-15-10(20)4(9(19)14-12(15)22)2-13-6-8(18)7(17)5(3-16)23-11(6)21/h2,5-8,11,16-18,20-21H,3H2,1H3,(H,14,19,22)/t5-,6+,7-,8-,11-/m1/s1. The van der Waals surface area contributed by atoms with Crippen molar-refractivity contribution in [1.82, 2.24) is 9.55 Å². The van der Waals surface area contributed by atoms with Crippen molar-refractivity contribution in [2.75, 3.05) is 6.61 Å². The third-order valence-electron chi connectivity index (χ3n) is 3.57. The molecule has 1 aliphatic heterocycles. The van der Waals surface area contributed by atoms with Gasteiger partial charge in [-0.15, -0.1) is 0 Å². The first-order valence-corrected chi connectivity index (χ1v) is 6.64. The molecule has 2 heterocycles. The van der Waals surface area contributed by atoms with E-state index in [9.17, 15) is 30.0 Å². The number of aromatic nitrogens is 2. The van der Waals surface area contributed by atoms with Crippen LogP contribution in [0.2, 0.25) is 0 Å². The summed E-state index contributed by atoms with van der Waals surface area (Å²) in [5.74, 6) is -0.656. The Morgan fingerprint density at radius 1 is 1.30 bits per heavy atom. The summed E-state index contributed by atoms with van der Waals surface area (Å²) in [5, 5.41) is 48.1.